The molecule has 27 heavy (non-hydrogen) atoms. The predicted octanol–water partition coefficient (Wildman–Crippen LogP) is 2.07. The second-order valence-corrected chi connectivity index (χ2v) is 6.20. The molecule has 0 aromatic heterocycles. The van der Waals surface area contributed by atoms with Gasteiger partial charge in [-0.3, -0.25) is 9.79 Å². The highest BCUT2D eigenvalue weighted by Gasteiger charge is 2.04. The van der Waals surface area contributed by atoms with Crippen LogP contribution in [0.15, 0.2) is 29.3 Å². The number of guanidine groups is 1. The number of ether oxygens (including phenoxy) is 2. The van der Waals surface area contributed by atoms with Crippen molar-refractivity contribution in [1.29, 1.82) is 0 Å². The van der Waals surface area contributed by atoms with Gasteiger partial charge in [0.05, 0.1) is 19.8 Å². The van der Waals surface area contributed by atoms with Crippen molar-refractivity contribution in [2.45, 2.75) is 19.8 Å². The Morgan fingerprint density at radius 2 is 1.59 bits per heavy atom. The van der Waals surface area contributed by atoms with E-state index in [1.165, 1.54) is 0 Å². The molecule has 0 spiro atoms. The van der Waals surface area contributed by atoms with Crippen molar-refractivity contribution in [2.24, 2.45) is 4.99 Å². The zero-order valence-electron chi connectivity index (χ0n) is 16.2. The van der Waals surface area contributed by atoms with Crippen molar-refractivity contribution in [3.8, 4) is 0 Å². The van der Waals surface area contributed by atoms with Gasteiger partial charge in [-0.15, -0.1) is 0 Å². The molecule has 0 aliphatic carbocycles. The summed E-state index contributed by atoms with van der Waals surface area (Å²) in [6.45, 7) is 6.41. The maximum absolute atomic E-state index is 12.0. The third-order valence-corrected chi connectivity index (χ3v) is 3.84. The standard InChI is InChI=1S/C19H31ClN4O3/c1-3-4-12-26-14-15-27-13-11-24-19(21-2)23-10-9-22-18(25)16-5-7-17(20)8-6-16/h5-8H,3-4,9-15H2,1-2H3,(H,22,25)(H2,21,23,24). The number of rotatable bonds is 13. The lowest BCUT2D eigenvalue weighted by Crippen LogP contribution is -2.42. The average molecular weight is 399 g/mol. The summed E-state index contributed by atoms with van der Waals surface area (Å²) in [4.78, 5) is 16.1. The summed E-state index contributed by atoms with van der Waals surface area (Å²) in [5, 5.41) is 9.73. The van der Waals surface area contributed by atoms with Gasteiger partial charge in [0.15, 0.2) is 5.96 Å². The molecule has 0 radical (unpaired) electrons. The highest BCUT2D eigenvalue weighted by atomic mass is 35.5. The molecule has 8 heteroatoms. The second-order valence-electron chi connectivity index (χ2n) is 5.77. The zero-order chi connectivity index (χ0) is 19.7. The van der Waals surface area contributed by atoms with Crippen LogP contribution >= 0.6 is 11.6 Å². The summed E-state index contributed by atoms with van der Waals surface area (Å²) >= 11 is 5.81. The van der Waals surface area contributed by atoms with Crippen LogP contribution in [0.4, 0.5) is 0 Å². The van der Waals surface area contributed by atoms with Gasteiger partial charge in [-0.25, -0.2) is 0 Å². The molecule has 0 atom stereocenters. The number of nitrogens with zero attached hydrogens (tertiary/aromatic N) is 1. The number of halogens is 1. The van der Waals surface area contributed by atoms with Gasteiger partial charge in [0.1, 0.15) is 0 Å². The van der Waals surface area contributed by atoms with E-state index in [0.717, 1.165) is 19.4 Å². The smallest absolute Gasteiger partial charge is 0.251 e. The van der Waals surface area contributed by atoms with Gasteiger partial charge < -0.3 is 25.4 Å². The van der Waals surface area contributed by atoms with Crippen LogP contribution in [0.5, 0.6) is 0 Å². The number of hydrogen-bond donors (Lipinski definition) is 3. The first-order chi connectivity index (χ1) is 13.2. The molecule has 3 N–H and O–H groups in total. The van der Waals surface area contributed by atoms with Gasteiger partial charge >= 0.3 is 0 Å². The molecule has 152 valence electrons. The van der Waals surface area contributed by atoms with E-state index in [9.17, 15) is 4.79 Å². The van der Waals surface area contributed by atoms with Crippen molar-refractivity contribution in [1.82, 2.24) is 16.0 Å². The molecule has 0 saturated carbocycles. The number of aliphatic imine (C=N–C) groups is 1. The van der Waals surface area contributed by atoms with Crippen molar-refractivity contribution in [3.05, 3.63) is 34.9 Å². The molecule has 7 nitrogen and oxygen atoms in total. The Hall–Kier alpha value is -1.83. The highest BCUT2D eigenvalue weighted by molar-refractivity contribution is 6.30. The first-order valence-electron chi connectivity index (χ1n) is 9.31. The summed E-state index contributed by atoms with van der Waals surface area (Å²) in [5.41, 5.74) is 0.581. The topological polar surface area (TPSA) is 84.0 Å². The summed E-state index contributed by atoms with van der Waals surface area (Å²) < 4.78 is 10.9. The molecule has 0 heterocycles. The van der Waals surface area contributed by atoms with E-state index in [1.54, 1.807) is 31.3 Å². The minimum Gasteiger partial charge on any atom is -0.379 e. The van der Waals surface area contributed by atoms with Crippen LogP contribution in [0.25, 0.3) is 0 Å². The lowest BCUT2D eigenvalue weighted by atomic mass is 10.2. The zero-order valence-corrected chi connectivity index (χ0v) is 17.0. The predicted molar refractivity (Wildman–Crippen MR) is 110 cm³/mol. The van der Waals surface area contributed by atoms with Crippen molar-refractivity contribution in [3.63, 3.8) is 0 Å². The molecule has 1 rings (SSSR count). The van der Waals surface area contributed by atoms with E-state index >= 15 is 0 Å². The Morgan fingerprint density at radius 3 is 2.26 bits per heavy atom. The van der Waals surface area contributed by atoms with Gasteiger partial charge in [-0.1, -0.05) is 24.9 Å². The number of nitrogens with one attached hydrogen (secondary N) is 3. The summed E-state index contributed by atoms with van der Waals surface area (Å²) in [6.07, 6.45) is 2.23. The Balaban J connectivity index is 2.04. The molecule has 0 unspecified atom stereocenters. The molecule has 0 aliphatic heterocycles. The number of amides is 1. The fourth-order valence-electron chi connectivity index (χ4n) is 2.09. The lowest BCUT2D eigenvalue weighted by molar-refractivity contribution is 0.0487. The second kappa shape index (κ2) is 15.2. The Labute approximate surface area is 166 Å². The minimum atomic E-state index is -0.133. The van der Waals surface area contributed by atoms with Gasteiger partial charge in [-0.2, -0.15) is 0 Å². The molecule has 0 saturated heterocycles. The van der Waals surface area contributed by atoms with Crippen LogP contribution in [-0.2, 0) is 9.47 Å². The summed E-state index contributed by atoms with van der Waals surface area (Å²) in [7, 11) is 1.70. The van der Waals surface area contributed by atoms with E-state index in [1.807, 2.05) is 0 Å². The van der Waals surface area contributed by atoms with Crippen LogP contribution in [0.2, 0.25) is 5.02 Å². The largest absolute Gasteiger partial charge is 0.379 e. The van der Waals surface area contributed by atoms with E-state index in [2.05, 4.69) is 27.9 Å². The first-order valence-corrected chi connectivity index (χ1v) is 9.69. The van der Waals surface area contributed by atoms with E-state index < -0.39 is 0 Å². The SMILES string of the molecule is CCCCOCCOCCNC(=NC)NCCNC(=O)c1ccc(Cl)cc1. The van der Waals surface area contributed by atoms with E-state index in [0.29, 0.717) is 56.0 Å². The molecule has 1 aromatic carbocycles. The Morgan fingerprint density at radius 1 is 0.963 bits per heavy atom. The third kappa shape index (κ3) is 11.5. The van der Waals surface area contributed by atoms with Crippen molar-refractivity contribution < 1.29 is 14.3 Å². The summed E-state index contributed by atoms with van der Waals surface area (Å²) in [6, 6.07) is 6.78. The van der Waals surface area contributed by atoms with Crippen LogP contribution in [0.1, 0.15) is 30.1 Å². The summed E-state index contributed by atoms with van der Waals surface area (Å²) in [5.74, 6) is 0.532. The third-order valence-electron chi connectivity index (χ3n) is 3.59. The molecule has 0 aliphatic rings. The van der Waals surface area contributed by atoms with Gasteiger partial charge in [0, 0.05) is 43.9 Å². The Kier molecular flexibility index (Phi) is 13.1. The maximum Gasteiger partial charge on any atom is 0.251 e. The molecular formula is C19H31ClN4O3. The molecule has 1 aromatic rings. The number of unbranched alkanes of at least 4 members (excludes halogenated alkanes) is 1. The number of carbonyl (C=O) groups is 1. The Bertz CT molecular complexity index is 552. The van der Waals surface area contributed by atoms with E-state index in [4.69, 9.17) is 21.1 Å². The quantitative estimate of drug-likeness (QED) is 0.269. The normalized spacial score (nSPS) is 11.3. The van der Waals surface area contributed by atoms with E-state index in [-0.39, 0.29) is 5.91 Å². The van der Waals surface area contributed by atoms with Crippen LogP contribution in [0.3, 0.4) is 0 Å². The molecular weight excluding hydrogens is 368 g/mol. The maximum atomic E-state index is 12.0. The van der Waals surface area contributed by atoms with Gasteiger partial charge in [-0.05, 0) is 30.7 Å². The minimum absolute atomic E-state index is 0.133. The van der Waals surface area contributed by atoms with Crippen molar-refractivity contribution in [2.75, 3.05) is 53.1 Å². The molecule has 0 bridgehead atoms. The molecule has 0 fully saturated rings. The fraction of sp³-hybridized carbons (Fsp3) is 0.579. The lowest BCUT2D eigenvalue weighted by Gasteiger charge is -2.12. The van der Waals surface area contributed by atoms with Crippen molar-refractivity contribution >= 4 is 23.5 Å². The van der Waals surface area contributed by atoms with Gasteiger partial charge in [0.25, 0.3) is 5.91 Å². The monoisotopic (exact) mass is 398 g/mol. The fourth-order valence-corrected chi connectivity index (χ4v) is 2.22. The van der Waals surface area contributed by atoms with Gasteiger partial charge in [0.2, 0.25) is 0 Å². The number of hydrogen-bond acceptors (Lipinski definition) is 4. The average Bonchev–Trinajstić information content (AvgIpc) is 2.68. The van der Waals surface area contributed by atoms with Crippen LogP contribution < -0.4 is 16.0 Å². The van der Waals surface area contributed by atoms with Crippen LogP contribution in [0, 0.1) is 0 Å². The first kappa shape index (κ1) is 23.2. The molecule has 1 amide bonds. The van der Waals surface area contributed by atoms with Crippen LogP contribution in [-0.4, -0.2) is 65.0 Å². The highest BCUT2D eigenvalue weighted by Crippen LogP contribution is 2.09. The number of benzene rings is 1. The number of carbonyl (C=O) groups excluding carboxylic acids is 1.